The summed E-state index contributed by atoms with van der Waals surface area (Å²) in [6.45, 7) is 3.79. The smallest absolute Gasteiger partial charge is 0.0864 e. The number of benzene rings is 2. The first-order valence-corrected chi connectivity index (χ1v) is 6.54. The van der Waals surface area contributed by atoms with Crippen LogP contribution in [0, 0.1) is 6.61 Å². The average Bonchev–Trinajstić information content (AvgIpc) is 2.48. The van der Waals surface area contributed by atoms with Crippen molar-refractivity contribution < 1.29 is 9.47 Å². The van der Waals surface area contributed by atoms with E-state index in [0.29, 0.717) is 19.8 Å². The summed E-state index contributed by atoms with van der Waals surface area (Å²) in [5, 5.41) is 0. The molecular formula is C17H19O2. The van der Waals surface area contributed by atoms with E-state index in [1.54, 1.807) is 0 Å². The molecular weight excluding hydrogens is 236 g/mol. The van der Waals surface area contributed by atoms with Gasteiger partial charge in [-0.2, -0.15) is 0 Å². The summed E-state index contributed by atoms with van der Waals surface area (Å²) < 4.78 is 11.0. The molecule has 0 aliphatic rings. The maximum atomic E-state index is 5.56. The van der Waals surface area contributed by atoms with Gasteiger partial charge in [-0.25, -0.2) is 0 Å². The predicted molar refractivity (Wildman–Crippen MR) is 76.2 cm³/mol. The third kappa shape index (κ3) is 5.69. The van der Waals surface area contributed by atoms with Gasteiger partial charge in [0.1, 0.15) is 0 Å². The lowest BCUT2D eigenvalue weighted by Crippen LogP contribution is -1.97. The molecule has 0 aromatic heterocycles. The summed E-state index contributed by atoms with van der Waals surface area (Å²) in [6, 6.07) is 20.3. The summed E-state index contributed by atoms with van der Waals surface area (Å²) in [4.78, 5) is 0. The van der Waals surface area contributed by atoms with E-state index in [9.17, 15) is 0 Å². The molecule has 2 nitrogen and oxygen atoms in total. The van der Waals surface area contributed by atoms with Crippen LogP contribution in [0.4, 0.5) is 0 Å². The molecule has 1 radical (unpaired) electrons. The summed E-state index contributed by atoms with van der Waals surface area (Å²) in [5.41, 5.74) is 2.39. The zero-order valence-electron chi connectivity index (χ0n) is 11.0. The van der Waals surface area contributed by atoms with Gasteiger partial charge in [-0.1, -0.05) is 60.7 Å². The Morgan fingerprint density at radius 1 is 0.737 bits per heavy atom. The standard InChI is InChI=1S/C17H19O2/c1-3-8-16(9-4-1)14-18-12-7-13-19-15-17-10-5-2-6-11-17/h1-6,8-12H,7,13-15H2. The largest absolute Gasteiger partial charge is 0.377 e. The first kappa shape index (κ1) is 13.8. The minimum atomic E-state index is 0.625. The number of hydrogen-bond donors (Lipinski definition) is 0. The van der Waals surface area contributed by atoms with Gasteiger partial charge in [-0.3, -0.25) is 0 Å². The maximum absolute atomic E-state index is 5.56. The van der Waals surface area contributed by atoms with Crippen LogP contribution in [0.25, 0.3) is 0 Å². The third-order valence-electron chi connectivity index (χ3n) is 2.70. The molecule has 0 fully saturated rings. The van der Waals surface area contributed by atoms with Gasteiger partial charge in [-0.05, 0) is 17.5 Å². The second-order valence-corrected chi connectivity index (χ2v) is 4.29. The fourth-order valence-corrected chi connectivity index (χ4v) is 1.71. The van der Waals surface area contributed by atoms with Crippen molar-refractivity contribution in [2.24, 2.45) is 0 Å². The fourth-order valence-electron chi connectivity index (χ4n) is 1.71. The first-order chi connectivity index (χ1) is 9.45. The molecule has 0 unspecified atom stereocenters. The van der Waals surface area contributed by atoms with E-state index < -0.39 is 0 Å². The molecule has 0 atom stereocenters. The van der Waals surface area contributed by atoms with Gasteiger partial charge >= 0.3 is 0 Å². The summed E-state index contributed by atoms with van der Waals surface area (Å²) in [5.74, 6) is 0. The van der Waals surface area contributed by atoms with Crippen molar-refractivity contribution >= 4 is 0 Å². The Balaban J connectivity index is 1.49. The van der Waals surface area contributed by atoms with Crippen LogP contribution < -0.4 is 0 Å². The van der Waals surface area contributed by atoms with Gasteiger partial charge in [0.15, 0.2) is 0 Å². The van der Waals surface area contributed by atoms with E-state index in [4.69, 9.17) is 9.47 Å². The van der Waals surface area contributed by atoms with E-state index in [1.807, 2.05) is 43.0 Å². The average molecular weight is 255 g/mol. The lowest BCUT2D eigenvalue weighted by Gasteiger charge is -2.05. The van der Waals surface area contributed by atoms with Crippen molar-refractivity contribution in [3.63, 3.8) is 0 Å². The Hall–Kier alpha value is -1.64. The van der Waals surface area contributed by atoms with Gasteiger partial charge < -0.3 is 9.47 Å². The highest BCUT2D eigenvalue weighted by Gasteiger charge is 1.94. The van der Waals surface area contributed by atoms with Crippen LogP contribution in [-0.2, 0) is 22.7 Å². The molecule has 0 saturated heterocycles. The first-order valence-electron chi connectivity index (χ1n) is 6.54. The Bertz CT molecular complexity index is 396. The van der Waals surface area contributed by atoms with Crippen LogP contribution in [0.15, 0.2) is 60.7 Å². The topological polar surface area (TPSA) is 18.5 Å². The SMILES string of the molecule is [CH](CCOCc1ccccc1)OCc1ccccc1. The molecule has 0 N–H and O–H groups in total. The normalized spacial score (nSPS) is 10.5. The maximum Gasteiger partial charge on any atom is 0.0864 e. The Labute approximate surface area is 115 Å². The lowest BCUT2D eigenvalue weighted by molar-refractivity contribution is 0.0989. The van der Waals surface area contributed by atoms with Crippen LogP contribution >= 0.6 is 0 Å². The van der Waals surface area contributed by atoms with E-state index in [-0.39, 0.29) is 0 Å². The van der Waals surface area contributed by atoms with Crippen LogP contribution in [0.2, 0.25) is 0 Å². The molecule has 19 heavy (non-hydrogen) atoms. The summed E-state index contributed by atoms with van der Waals surface area (Å²) >= 11 is 0. The minimum absolute atomic E-state index is 0.625. The monoisotopic (exact) mass is 255 g/mol. The zero-order chi connectivity index (χ0) is 13.2. The molecule has 0 saturated carbocycles. The third-order valence-corrected chi connectivity index (χ3v) is 2.70. The molecule has 0 aliphatic heterocycles. The van der Waals surface area contributed by atoms with Gasteiger partial charge in [-0.15, -0.1) is 0 Å². The zero-order valence-corrected chi connectivity index (χ0v) is 11.0. The second-order valence-electron chi connectivity index (χ2n) is 4.29. The number of hydrogen-bond acceptors (Lipinski definition) is 2. The van der Waals surface area contributed by atoms with E-state index >= 15 is 0 Å². The van der Waals surface area contributed by atoms with Gasteiger partial charge in [0.25, 0.3) is 0 Å². The van der Waals surface area contributed by atoms with Crippen molar-refractivity contribution in [2.45, 2.75) is 19.6 Å². The van der Waals surface area contributed by atoms with Crippen molar-refractivity contribution in [3.8, 4) is 0 Å². The molecule has 2 aromatic carbocycles. The van der Waals surface area contributed by atoms with E-state index in [1.165, 1.54) is 11.1 Å². The van der Waals surface area contributed by atoms with Gasteiger partial charge in [0.05, 0.1) is 19.8 Å². The minimum Gasteiger partial charge on any atom is -0.377 e. The van der Waals surface area contributed by atoms with Crippen LogP contribution in [0.1, 0.15) is 17.5 Å². The molecule has 2 heteroatoms. The summed E-state index contributed by atoms with van der Waals surface area (Å²) in [7, 11) is 0. The van der Waals surface area contributed by atoms with Gasteiger partial charge in [0, 0.05) is 6.61 Å². The Morgan fingerprint density at radius 3 is 1.95 bits per heavy atom. The molecule has 2 rings (SSSR count). The quantitative estimate of drug-likeness (QED) is 0.664. The van der Waals surface area contributed by atoms with Crippen molar-refractivity contribution in [1.29, 1.82) is 0 Å². The number of ether oxygens (including phenoxy) is 2. The second kappa shape index (κ2) is 8.46. The molecule has 0 bridgehead atoms. The van der Waals surface area contributed by atoms with E-state index in [2.05, 4.69) is 24.3 Å². The highest BCUT2D eigenvalue weighted by Crippen LogP contribution is 2.04. The lowest BCUT2D eigenvalue weighted by atomic mass is 10.2. The molecule has 99 valence electrons. The molecule has 2 aromatic rings. The van der Waals surface area contributed by atoms with Crippen molar-refractivity contribution in [1.82, 2.24) is 0 Å². The van der Waals surface area contributed by atoms with Crippen molar-refractivity contribution in [3.05, 3.63) is 78.4 Å². The molecule has 0 heterocycles. The fraction of sp³-hybridized carbons (Fsp3) is 0.235. The van der Waals surface area contributed by atoms with Gasteiger partial charge in [0.2, 0.25) is 0 Å². The van der Waals surface area contributed by atoms with Crippen LogP contribution in [0.5, 0.6) is 0 Å². The summed E-state index contributed by atoms with van der Waals surface area (Å²) in [6.07, 6.45) is 0.805. The Kier molecular flexibility index (Phi) is 6.14. The molecule has 0 amide bonds. The highest BCUT2D eigenvalue weighted by molar-refractivity contribution is 5.14. The predicted octanol–water partition coefficient (Wildman–Crippen LogP) is 3.97. The van der Waals surface area contributed by atoms with Crippen LogP contribution in [0.3, 0.4) is 0 Å². The van der Waals surface area contributed by atoms with Crippen molar-refractivity contribution in [2.75, 3.05) is 6.61 Å². The molecule has 0 spiro atoms. The highest BCUT2D eigenvalue weighted by atomic mass is 16.5. The Morgan fingerprint density at radius 2 is 1.32 bits per heavy atom. The number of rotatable bonds is 8. The van der Waals surface area contributed by atoms with E-state index in [0.717, 1.165) is 6.42 Å². The molecule has 0 aliphatic carbocycles. The van der Waals surface area contributed by atoms with Crippen LogP contribution in [-0.4, -0.2) is 6.61 Å².